The zero-order chi connectivity index (χ0) is 13.8. The van der Waals surface area contributed by atoms with Crippen LogP contribution in [0.2, 0.25) is 0 Å². The molecule has 0 atom stereocenters. The molecule has 98 valence electrons. The molecular formula is C13H10BrFN2O2. The van der Waals surface area contributed by atoms with Crippen LogP contribution in [0.3, 0.4) is 0 Å². The molecule has 1 aromatic carbocycles. The molecule has 0 aliphatic rings. The maximum atomic E-state index is 12.9. The van der Waals surface area contributed by atoms with Gasteiger partial charge in [0.05, 0.1) is 0 Å². The first-order valence-corrected chi connectivity index (χ1v) is 6.25. The van der Waals surface area contributed by atoms with Crippen LogP contribution in [0.25, 0.3) is 0 Å². The SMILES string of the molecule is O=C(Cn1cc(Br)ccc1=O)Nc1cccc(F)c1. The number of carbonyl (C=O) groups excluding carboxylic acids is 1. The number of benzene rings is 1. The minimum absolute atomic E-state index is 0.130. The second-order valence-electron chi connectivity index (χ2n) is 3.87. The number of hydrogen-bond donors (Lipinski definition) is 1. The highest BCUT2D eigenvalue weighted by Gasteiger charge is 2.06. The summed E-state index contributed by atoms with van der Waals surface area (Å²) >= 11 is 3.22. The lowest BCUT2D eigenvalue weighted by molar-refractivity contribution is -0.116. The van der Waals surface area contributed by atoms with Crippen LogP contribution in [-0.4, -0.2) is 10.5 Å². The van der Waals surface area contributed by atoms with E-state index in [1.54, 1.807) is 12.1 Å². The zero-order valence-corrected chi connectivity index (χ0v) is 11.4. The Balaban J connectivity index is 2.09. The molecular weight excluding hydrogens is 315 g/mol. The molecule has 1 aromatic heterocycles. The van der Waals surface area contributed by atoms with E-state index in [0.717, 1.165) is 0 Å². The van der Waals surface area contributed by atoms with Gasteiger partial charge in [0.25, 0.3) is 5.56 Å². The standard InChI is InChI=1S/C13H10BrFN2O2/c14-9-4-5-13(19)17(7-9)8-12(18)16-11-3-1-2-10(15)6-11/h1-7H,8H2,(H,16,18). The molecule has 0 radical (unpaired) electrons. The van der Waals surface area contributed by atoms with Gasteiger partial charge in [0.2, 0.25) is 5.91 Å². The van der Waals surface area contributed by atoms with Crippen LogP contribution in [0.4, 0.5) is 10.1 Å². The number of nitrogens with zero attached hydrogens (tertiary/aromatic N) is 1. The quantitative estimate of drug-likeness (QED) is 0.942. The Hall–Kier alpha value is -1.95. The third kappa shape index (κ3) is 3.75. The van der Waals surface area contributed by atoms with Gasteiger partial charge in [-0.15, -0.1) is 0 Å². The van der Waals surface area contributed by atoms with Crippen molar-refractivity contribution in [3.8, 4) is 0 Å². The fourth-order valence-electron chi connectivity index (χ4n) is 1.55. The molecule has 0 unspecified atom stereocenters. The van der Waals surface area contributed by atoms with Gasteiger partial charge in [-0.3, -0.25) is 9.59 Å². The summed E-state index contributed by atoms with van der Waals surface area (Å²) in [6.45, 7) is -0.130. The molecule has 19 heavy (non-hydrogen) atoms. The van der Waals surface area contributed by atoms with E-state index < -0.39 is 11.7 Å². The molecule has 1 heterocycles. The van der Waals surface area contributed by atoms with E-state index in [0.29, 0.717) is 10.2 Å². The Morgan fingerprint density at radius 2 is 2.11 bits per heavy atom. The molecule has 1 amide bonds. The number of rotatable bonds is 3. The molecule has 2 aromatic rings. The maximum absolute atomic E-state index is 12.9. The second kappa shape index (κ2) is 5.79. The minimum atomic E-state index is -0.433. The molecule has 1 N–H and O–H groups in total. The summed E-state index contributed by atoms with van der Waals surface area (Å²) in [6.07, 6.45) is 1.52. The number of nitrogens with one attached hydrogen (secondary N) is 1. The molecule has 0 aliphatic heterocycles. The molecule has 2 rings (SSSR count). The molecule has 0 fully saturated rings. The summed E-state index contributed by atoms with van der Waals surface area (Å²) in [7, 11) is 0. The van der Waals surface area contributed by atoms with E-state index >= 15 is 0 Å². The van der Waals surface area contributed by atoms with Gasteiger partial charge in [-0.05, 0) is 40.2 Å². The Morgan fingerprint density at radius 3 is 2.84 bits per heavy atom. The van der Waals surface area contributed by atoms with Gasteiger partial charge in [-0.1, -0.05) is 6.07 Å². The van der Waals surface area contributed by atoms with Crippen molar-refractivity contribution in [3.63, 3.8) is 0 Å². The fourth-order valence-corrected chi connectivity index (χ4v) is 1.93. The molecule has 4 nitrogen and oxygen atoms in total. The number of carbonyl (C=O) groups is 1. The van der Waals surface area contributed by atoms with Crippen molar-refractivity contribution >= 4 is 27.5 Å². The zero-order valence-electron chi connectivity index (χ0n) is 9.77. The molecule has 0 saturated heterocycles. The third-order valence-electron chi connectivity index (χ3n) is 2.37. The van der Waals surface area contributed by atoms with Crippen molar-refractivity contribution in [1.29, 1.82) is 0 Å². The number of anilines is 1. The van der Waals surface area contributed by atoms with E-state index in [9.17, 15) is 14.0 Å². The van der Waals surface area contributed by atoms with Crippen molar-refractivity contribution in [2.75, 3.05) is 5.32 Å². The van der Waals surface area contributed by atoms with Gasteiger partial charge in [-0.25, -0.2) is 4.39 Å². The molecule has 0 spiro atoms. The van der Waals surface area contributed by atoms with Crippen LogP contribution >= 0.6 is 15.9 Å². The lowest BCUT2D eigenvalue weighted by atomic mass is 10.3. The van der Waals surface area contributed by atoms with Gasteiger partial charge in [0, 0.05) is 22.4 Å². The lowest BCUT2D eigenvalue weighted by Gasteiger charge is -2.07. The highest BCUT2D eigenvalue weighted by atomic mass is 79.9. The Labute approximate surface area is 117 Å². The van der Waals surface area contributed by atoms with E-state index in [1.165, 1.54) is 35.0 Å². The van der Waals surface area contributed by atoms with Crippen molar-refractivity contribution < 1.29 is 9.18 Å². The van der Waals surface area contributed by atoms with Gasteiger partial charge in [0.1, 0.15) is 12.4 Å². The highest BCUT2D eigenvalue weighted by molar-refractivity contribution is 9.10. The highest BCUT2D eigenvalue weighted by Crippen LogP contribution is 2.09. The van der Waals surface area contributed by atoms with Crippen LogP contribution in [0, 0.1) is 5.82 Å². The Morgan fingerprint density at radius 1 is 1.32 bits per heavy atom. The minimum Gasteiger partial charge on any atom is -0.324 e. The number of pyridine rings is 1. The summed E-state index contributed by atoms with van der Waals surface area (Å²) in [6, 6.07) is 8.53. The monoisotopic (exact) mass is 324 g/mol. The third-order valence-corrected chi connectivity index (χ3v) is 2.84. The second-order valence-corrected chi connectivity index (χ2v) is 4.79. The van der Waals surface area contributed by atoms with Crippen LogP contribution < -0.4 is 10.9 Å². The van der Waals surface area contributed by atoms with E-state index in [4.69, 9.17) is 0 Å². The van der Waals surface area contributed by atoms with Crippen molar-refractivity contribution in [3.05, 3.63) is 63.2 Å². The molecule has 6 heteroatoms. The predicted octanol–water partition coefficient (Wildman–Crippen LogP) is 2.39. The van der Waals surface area contributed by atoms with E-state index in [1.807, 2.05) is 0 Å². The molecule has 0 bridgehead atoms. The number of aromatic nitrogens is 1. The van der Waals surface area contributed by atoms with Crippen LogP contribution in [-0.2, 0) is 11.3 Å². The Bertz CT molecular complexity index is 670. The first-order valence-electron chi connectivity index (χ1n) is 5.46. The maximum Gasteiger partial charge on any atom is 0.251 e. The number of amides is 1. The van der Waals surface area contributed by atoms with Crippen LogP contribution in [0.5, 0.6) is 0 Å². The summed E-state index contributed by atoms with van der Waals surface area (Å²) in [5.74, 6) is -0.830. The first-order chi connectivity index (χ1) is 9.04. The largest absolute Gasteiger partial charge is 0.324 e. The average molecular weight is 325 g/mol. The average Bonchev–Trinajstić information content (AvgIpc) is 2.34. The molecule has 0 saturated carbocycles. The van der Waals surface area contributed by atoms with Crippen molar-refractivity contribution in [2.24, 2.45) is 0 Å². The summed E-state index contributed by atoms with van der Waals surface area (Å²) in [5, 5.41) is 2.52. The summed E-state index contributed by atoms with van der Waals surface area (Å²) in [4.78, 5) is 23.3. The smallest absolute Gasteiger partial charge is 0.251 e. The summed E-state index contributed by atoms with van der Waals surface area (Å²) < 4.78 is 14.9. The van der Waals surface area contributed by atoms with Gasteiger partial charge in [0.15, 0.2) is 0 Å². The van der Waals surface area contributed by atoms with Crippen LogP contribution in [0.1, 0.15) is 0 Å². The topological polar surface area (TPSA) is 51.1 Å². The van der Waals surface area contributed by atoms with E-state index in [-0.39, 0.29) is 12.1 Å². The van der Waals surface area contributed by atoms with Gasteiger partial charge in [-0.2, -0.15) is 0 Å². The lowest BCUT2D eigenvalue weighted by Crippen LogP contribution is -2.26. The first kappa shape index (κ1) is 13.5. The van der Waals surface area contributed by atoms with Gasteiger partial charge < -0.3 is 9.88 Å². The Kier molecular flexibility index (Phi) is 4.11. The van der Waals surface area contributed by atoms with Crippen LogP contribution in [0.15, 0.2) is 51.9 Å². The molecule has 0 aliphatic carbocycles. The van der Waals surface area contributed by atoms with E-state index in [2.05, 4.69) is 21.2 Å². The number of hydrogen-bond acceptors (Lipinski definition) is 2. The number of halogens is 2. The van der Waals surface area contributed by atoms with Crippen molar-refractivity contribution in [1.82, 2.24) is 4.57 Å². The predicted molar refractivity (Wildman–Crippen MR) is 73.4 cm³/mol. The van der Waals surface area contributed by atoms with Crippen molar-refractivity contribution in [2.45, 2.75) is 6.54 Å². The van der Waals surface area contributed by atoms with Gasteiger partial charge >= 0.3 is 0 Å². The fraction of sp³-hybridized carbons (Fsp3) is 0.0769. The summed E-state index contributed by atoms with van der Waals surface area (Å²) in [5.41, 5.74) is 0.0747. The normalized spacial score (nSPS) is 10.2.